The highest BCUT2D eigenvalue weighted by atomic mass is 19.3. The number of carbonyl (C=O) groups excluding carboxylic acids is 2. The van der Waals surface area contributed by atoms with Gasteiger partial charge in [0.15, 0.2) is 5.78 Å². The smallest absolute Gasteiger partial charge is 0.317 e. The lowest BCUT2D eigenvalue weighted by molar-refractivity contribution is 0.0818. The third-order valence-corrected chi connectivity index (χ3v) is 4.92. The van der Waals surface area contributed by atoms with Gasteiger partial charge in [0.25, 0.3) is 6.43 Å². The van der Waals surface area contributed by atoms with E-state index in [0.29, 0.717) is 37.5 Å². The SMILES string of the molecule is CC(=O)c1ccc(N2CCN(C(=O)NCc3cccc(OCC(F)F)c3)CC2)cc1. The standard InChI is InChI=1S/C22H25F2N3O3/c1-16(28)18-5-7-19(8-6-18)26-9-11-27(12-10-26)22(29)25-14-17-3-2-4-20(13-17)30-15-21(23)24/h2-8,13,21H,9-12,14-15H2,1H3,(H,25,29). The second-order valence-corrected chi connectivity index (χ2v) is 7.09. The largest absolute Gasteiger partial charge is 0.488 e. The third kappa shape index (κ3) is 5.92. The molecule has 0 spiro atoms. The van der Waals surface area contributed by atoms with Crippen LogP contribution >= 0.6 is 0 Å². The van der Waals surface area contributed by atoms with Crippen LogP contribution in [0.1, 0.15) is 22.8 Å². The van der Waals surface area contributed by atoms with E-state index in [1.54, 1.807) is 36.1 Å². The highest BCUT2D eigenvalue weighted by Gasteiger charge is 2.21. The van der Waals surface area contributed by atoms with Gasteiger partial charge >= 0.3 is 6.03 Å². The average molecular weight is 417 g/mol. The van der Waals surface area contributed by atoms with Crippen LogP contribution in [-0.4, -0.2) is 55.9 Å². The zero-order valence-electron chi connectivity index (χ0n) is 16.8. The van der Waals surface area contributed by atoms with Crippen LogP contribution in [-0.2, 0) is 6.54 Å². The molecule has 8 heteroatoms. The summed E-state index contributed by atoms with van der Waals surface area (Å²) in [5.74, 6) is 0.389. The topological polar surface area (TPSA) is 61.9 Å². The molecule has 6 nitrogen and oxygen atoms in total. The Labute approximate surface area is 174 Å². The molecule has 160 valence electrons. The number of halogens is 2. The van der Waals surface area contributed by atoms with Gasteiger partial charge in [-0.1, -0.05) is 12.1 Å². The van der Waals surface area contributed by atoms with Crippen molar-refractivity contribution in [2.24, 2.45) is 0 Å². The number of hydrogen-bond donors (Lipinski definition) is 1. The van der Waals surface area contributed by atoms with Crippen molar-refractivity contribution in [1.82, 2.24) is 10.2 Å². The summed E-state index contributed by atoms with van der Waals surface area (Å²) >= 11 is 0. The first-order valence-electron chi connectivity index (χ1n) is 9.81. The van der Waals surface area contributed by atoms with Gasteiger partial charge in [-0.2, -0.15) is 0 Å². The van der Waals surface area contributed by atoms with E-state index in [4.69, 9.17) is 4.74 Å². The van der Waals surface area contributed by atoms with Crippen molar-refractivity contribution in [3.05, 3.63) is 59.7 Å². The number of ether oxygens (including phenoxy) is 1. The van der Waals surface area contributed by atoms with E-state index in [0.717, 1.165) is 11.3 Å². The summed E-state index contributed by atoms with van der Waals surface area (Å²) < 4.78 is 29.5. The van der Waals surface area contributed by atoms with E-state index in [9.17, 15) is 18.4 Å². The zero-order chi connectivity index (χ0) is 21.5. The van der Waals surface area contributed by atoms with Crippen LogP contribution in [0.25, 0.3) is 0 Å². The van der Waals surface area contributed by atoms with Gasteiger partial charge in [-0.05, 0) is 48.9 Å². The number of carbonyl (C=O) groups is 2. The summed E-state index contributed by atoms with van der Waals surface area (Å²) in [6.45, 7) is 3.73. The van der Waals surface area contributed by atoms with E-state index in [1.165, 1.54) is 0 Å². The van der Waals surface area contributed by atoms with Crippen LogP contribution in [0.15, 0.2) is 48.5 Å². The first-order chi connectivity index (χ1) is 14.4. The third-order valence-electron chi connectivity index (χ3n) is 4.92. The number of anilines is 1. The number of alkyl halides is 2. The van der Waals surface area contributed by atoms with Crippen molar-refractivity contribution in [3.8, 4) is 5.75 Å². The first kappa shape index (κ1) is 21.5. The van der Waals surface area contributed by atoms with Gasteiger partial charge in [0, 0.05) is 44.0 Å². The molecule has 0 bridgehead atoms. The molecule has 0 aliphatic carbocycles. The maximum absolute atomic E-state index is 12.5. The minimum Gasteiger partial charge on any atom is -0.488 e. The number of ketones is 1. The van der Waals surface area contributed by atoms with Gasteiger partial charge in [-0.25, -0.2) is 13.6 Å². The Balaban J connectivity index is 1.46. The lowest BCUT2D eigenvalue weighted by Gasteiger charge is -2.36. The zero-order valence-corrected chi connectivity index (χ0v) is 16.8. The number of hydrogen-bond acceptors (Lipinski definition) is 4. The van der Waals surface area contributed by atoms with Gasteiger partial charge in [-0.15, -0.1) is 0 Å². The fraction of sp³-hybridized carbons (Fsp3) is 0.364. The number of rotatable bonds is 7. The van der Waals surface area contributed by atoms with Crippen molar-refractivity contribution >= 4 is 17.5 Å². The lowest BCUT2D eigenvalue weighted by Crippen LogP contribution is -2.51. The van der Waals surface area contributed by atoms with E-state index >= 15 is 0 Å². The van der Waals surface area contributed by atoms with Crippen LogP contribution < -0.4 is 15.0 Å². The highest BCUT2D eigenvalue weighted by Crippen LogP contribution is 2.18. The number of nitrogens with zero attached hydrogens (tertiary/aromatic N) is 2. The van der Waals surface area contributed by atoms with Crippen LogP contribution in [0.2, 0.25) is 0 Å². The molecule has 1 saturated heterocycles. The normalized spacial score (nSPS) is 14.0. The van der Waals surface area contributed by atoms with E-state index in [-0.39, 0.29) is 18.4 Å². The van der Waals surface area contributed by atoms with Crippen molar-refractivity contribution in [2.75, 3.05) is 37.7 Å². The second kappa shape index (κ2) is 10.0. The maximum atomic E-state index is 12.5. The minimum absolute atomic E-state index is 0.0363. The summed E-state index contributed by atoms with van der Waals surface area (Å²) in [5.41, 5.74) is 2.49. The molecule has 1 N–H and O–H groups in total. The Kier molecular flexibility index (Phi) is 7.21. The summed E-state index contributed by atoms with van der Waals surface area (Å²) in [6, 6.07) is 14.1. The highest BCUT2D eigenvalue weighted by molar-refractivity contribution is 5.94. The molecule has 30 heavy (non-hydrogen) atoms. The Morgan fingerprint density at radius 1 is 1.07 bits per heavy atom. The van der Waals surface area contributed by atoms with Crippen LogP contribution in [0.5, 0.6) is 5.75 Å². The quantitative estimate of drug-likeness (QED) is 0.700. The van der Waals surface area contributed by atoms with Crippen molar-refractivity contribution in [3.63, 3.8) is 0 Å². The Hall–Kier alpha value is -3.16. The number of urea groups is 1. The molecule has 2 aromatic carbocycles. The van der Waals surface area contributed by atoms with Gasteiger partial charge in [0.1, 0.15) is 12.4 Å². The monoisotopic (exact) mass is 417 g/mol. The Morgan fingerprint density at radius 3 is 2.40 bits per heavy atom. The average Bonchev–Trinajstić information content (AvgIpc) is 2.76. The summed E-state index contributed by atoms with van der Waals surface area (Å²) in [4.78, 5) is 27.8. The van der Waals surface area contributed by atoms with Gasteiger partial charge in [-0.3, -0.25) is 4.79 Å². The molecule has 2 amide bonds. The van der Waals surface area contributed by atoms with E-state index in [1.807, 2.05) is 24.3 Å². The van der Waals surface area contributed by atoms with Gasteiger partial charge < -0.3 is 19.9 Å². The fourth-order valence-corrected chi connectivity index (χ4v) is 3.27. The molecule has 0 unspecified atom stereocenters. The Bertz CT molecular complexity index is 866. The molecule has 1 aliphatic heterocycles. The number of nitrogens with one attached hydrogen (secondary N) is 1. The number of piperazine rings is 1. The predicted octanol–water partition coefficient (Wildman–Crippen LogP) is 3.56. The molecule has 0 aromatic heterocycles. The van der Waals surface area contributed by atoms with E-state index in [2.05, 4.69) is 10.2 Å². The molecule has 2 aromatic rings. The van der Waals surface area contributed by atoms with Crippen molar-refractivity contribution in [2.45, 2.75) is 19.9 Å². The van der Waals surface area contributed by atoms with Crippen LogP contribution in [0.4, 0.5) is 19.3 Å². The summed E-state index contributed by atoms with van der Waals surface area (Å²) in [6.07, 6.45) is -2.53. The lowest BCUT2D eigenvalue weighted by atomic mass is 10.1. The van der Waals surface area contributed by atoms with Crippen molar-refractivity contribution in [1.29, 1.82) is 0 Å². The molecule has 1 fully saturated rings. The molecule has 0 atom stereocenters. The molecule has 0 saturated carbocycles. The molecule has 0 radical (unpaired) electrons. The maximum Gasteiger partial charge on any atom is 0.317 e. The molecule has 1 aliphatic rings. The number of Topliss-reactive ketones (excluding diaryl/α,β-unsaturated/α-hetero) is 1. The van der Waals surface area contributed by atoms with Crippen LogP contribution in [0, 0.1) is 0 Å². The molecule has 3 rings (SSSR count). The van der Waals surface area contributed by atoms with Gasteiger partial charge in [0.05, 0.1) is 0 Å². The van der Waals surface area contributed by atoms with E-state index < -0.39 is 13.0 Å². The number of benzene rings is 2. The molecular formula is C22H25F2N3O3. The first-order valence-corrected chi connectivity index (χ1v) is 9.81. The summed E-state index contributed by atoms with van der Waals surface area (Å²) in [5, 5.41) is 2.86. The summed E-state index contributed by atoms with van der Waals surface area (Å²) in [7, 11) is 0. The predicted molar refractivity (Wildman–Crippen MR) is 110 cm³/mol. The fourth-order valence-electron chi connectivity index (χ4n) is 3.27. The molecular weight excluding hydrogens is 392 g/mol. The minimum atomic E-state index is -2.53. The van der Waals surface area contributed by atoms with Crippen LogP contribution in [0.3, 0.4) is 0 Å². The number of amides is 2. The van der Waals surface area contributed by atoms with Gasteiger partial charge in [0.2, 0.25) is 0 Å². The second-order valence-electron chi connectivity index (χ2n) is 7.09. The molecule has 1 heterocycles. The van der Waals surface area contributed by atoms with Crippen molar-refractivity contribution < 1.29 is 23.1 Å². The Morgan fingerprint density at radius 2 is 1.77 bits per heavy atom.